The van der Waals surface area contributed by atoms with Gasteiger partial charge in [-0.15, -0.1) is 0 Å². The summed E-state index contributed by atoms with van der Waals surface area (Å²) in [6.07, 6.45) is 0.368. The summed E-state index contributed by atoms with van der Waals surface area (Å²) in [7, 11) is 0. The molecule has 0 saturated carbocycles. The lowest BCUT2D eigenvalue weighted by atomic mass is 9.81. The number of halogens is 1. The smallest absolute Gasteiger partial charge is 0.303 e. The number of Topliss-reactive ketones (excluding diaryl/α,β-unsaturated/α-hetero) is 1. The Labute approximate surface area is 228 Å². The first kappa shape index (κ1) is 28.1. The number of rotatable bonds is 7. The molecule has 4 rings (SSSR count). The van der Waals surface area contributed by atoms with Gasteiger partial charge in [0.05, 0.1) is 17.7 Å². The van der Waals surface area contributed by atoms with E-state index in [1.54, 1.807) is 12.1 Å². The fourth-order valence-corrected chi connectivity index (χ4v) is 5.81. The van der Waals surface area contributed by atoms with E-state index in [4.69, 9.17) is 30.5 Å². The van der Waals surface area contributed by atoms with Gasteiger partial charge in [-0.2, -0.15) is 0 Å². The molecule has 204 valence electrons. The minimum Gasteiger partial charge on any atom is -0.492 e. The Morgan fingerprint density at radius 1 is 1.03 bits per heavy atom. The van der Waals surface area contributed by atoms with Crippen LogP contribution in [0, 0.1) is 5.92 Å². The zero-order valence-electron chi connectivity index (χ0n) is 22.5. The molecule has 1 fully saturated rings. The van der Waals surface area contributed by atoms with Crippen molar-refractivity contribution in [1.29, 1.82) is 0 Å². The second-order valence-corrected chi connectivity index (χ2v) is 10.5. The van der Waals surface area contributed by atoms with E-state index in [1.807, 2.05) is 32.0 Å². The van der Waals surface area contributed by atoms with Gasteiger partial charge < -0.3 is 18.9 Å². The van der Waals surface area contributed by atoms with E-state index in [1.165, 1.54) is 20.8 Å². The molecular weight excluding hydrogens is 508 g/mol. The van der Waals surface area contributed by atoms with E-state index in [9.17, 15) is 14.4 Å². The van der Waals surface area contributed by atoms with Crippen molar-refractivity contribution >= 4 is 29.3 Å². The quantitative estimate of drug-likeness (QED) is 0.322. The molecule has 2 aliphatic rings. The SMILES string of the molecule is CC[C@H]1O[C@@H](c2cc(Cc3ccc(C(C)=O)cc3)c(Cl)c3c2CCCO3)[C@H](OC(C)=O)[C@@H](OC(C)=O)[C@@H]1C. The maximum atomic E-state index is 12.2. The standard InChI is InChI=1S/C30H35ClO7/c1-6-25-16(2)27(36-18(4)33)30(37-19(5)34)29(38-25)24-15-22(26(31)28-23(24)8-7-13-35-28)14-20-9-11-21(12-10-20)17(3)32/h9-12,15-16,25,27,29-30H,6-8,13-14H2,1-5H3/t16-,25-,27+,29+,30-/m1/s1. The fraction of sp³-hybridized carbons (Fsp3) is 0.500. The van der Waals surface area contributed by atoms with Gasteiger partial charge >= 0.3 is 11.9 Å². The molecule has 0 aromatic heterocycles. The maximum absolute atomic E-state index is 12.2. The van der Waals surface area contributed by atoms with Crippen LogP contribution < -0.4 is 4.74 Å². The zero-order valence-corrected chi connectivity index (χ0v) is 23.3. The highest BCUT2D eigenvalue weighted by Crippen LogP contribution is 2.46. The summed E-state index contributed by atoms with van der Waals surface area (Å²) in [5.74, 6) is -0.472. The van der Waals surface area contributed by atoms with Crippen LogP contribution in [0.3, 0.4) is 0 Å². The van der Waals surface area contributed by atoms with Crippen LogP contribution in [0.4, 0.5) is 0 Å². The number of hydrogen-bond acceptors (Lipinski definition) is 7. The Morgan fingerprint density at radius 3 is 2.29 bits per heavy atom. The fourth-order valence-electron chi connectivity index (χ4n) is 5.52. The van der Waals surface area contributed by atoms with Crippen LogP contribution in [0.25, 0.3) is 0 Å². The Kier molecular flexibility index (Phi) is 8.78. The van der Waals surface area contributed by atoms with Crippen LogP contribution in [0.5, 0.6) is 5.75 Å². The molecular formula is C30H35ClO7. The van der Waals surface area contributed by atoms with E-state index < -0.39 is 30.3 Å². The highest BCUT2D eigenvalue weighted by atomic mass is 35.5. The van der Waals surface area contributed by atoms with Gasteiger partial charge in [-0.3, -0.25) is 14.4 Å². The molecule has 2 aliphatic heterocycles. The molecule has 0 unspecified atom stereocenters. The second-order valence-electron chi connectivity index (χ2n) is 10.1. The molecule has 0 amide bonds. The molecule has 1 saturated heterocycles. The molecule has 2 heterocycles. The van der Waals surface area contributed by atoms with Gasteiger partial charge in [-0.1, -0.05) is 55.8 Å². The number of carbonyl (C=O) groups excluding carboxylic acids is 3. The third-order valence-electron chi connectivity index (χ3n) is 7.37. The third kappa shape index (κ3) is 5.89. The van der Waals surface area contributed by atoms with Crippen LogP contribution in [0.15, 0.2) is 30.3 Å². The van der Waals surface area contributed by atoms with Crippen LogP contribution in [0.2, 0.25) is 5.02 Å². The highest BCUT2D eigenvalue weighted by Gasteiger charge is 2.48. The van der Waals surface area contributed by atoms with E-state index in [2.05, 4.69) is 0 Å². The van der Waals surface area contributed by atoms with Gasteiger partial charge in [0.15, 0.2) is 11.9 Å². The van der Waals surface area contributed by atoms with Crippen molar-refractivity contribution in [3.8, 4) is 5.75 Å². The Morgan fingerprint density at radius 2 is 1.68 bits per heavy atom. The van der Waals surface area contributed by atoms with Gasteiger partial charge in [-0.05, 0) is 49.3 Å². The Bertz CT molecular complexity index is 1210. The predicted octanol–water partition coefficient (Wildman–Crippen LogP) is 5.81. The number of fused-ring (bicyclic) bond motifs is 1. The summed E-state index contributed by atoms with van der Waals surface area (Å²) in [4.78, 5) is 36.0. The van der Waals surface area contributed by atoms with Crippen molar-refractivity contribution in [2.24, 2.45) is 5.92 Å². The average Bonchev–Trinajstić information content (AvgIpc) is 2.88. The summed E-state index contributed by atoms with van der Waals surface area (Å²) in [6, 6.07) is 9.44. The number of benzene rings is 2. The molecule has 2 aromatic carbocycles. The van der Waals surface area contributed by atoms with Crippen molar-refractivity contribution in [2.75, 3.05) is 6.61 Å². The average molecular weight is 543 g/mol. The Balaban J connectivity index is 1.82. The van der Waals surface area contributed by atoms with E-state index in [0.29, 0.717) is 35.8 Å². The van der Waals surface area contributed by atoms with Crippen molar-refractivity contribution in [2.45, 2.75) is 84.7 Å². The zero-order chi connectivity index (χ0) is 27.6. The molecule has 38 heavy (non-hydrogen) atoms. The normalized spacial score (nSPS) is 24.6. The largest absolute Gasteiger partial charge is 0.492 e. The van der Waals surface area contributed by atoms with Crippen molar-refractivity contribution in [3.63, 3.8) is 0 Å². The lowest BCUT2D eigenvalue weighted by molar-refractivity contribution is -0.225. The van der Waals surface area contributed by atoms with E-state index in [-0.39, 0.29) is 17.8 Å². The first-order valence-corrected chi connectivity index (χ1v) is 13.5. The second kappa shape index (κ2) is 11.9. The van der Waals surface area contributed by atoms with Crippen molar-refractivity contribution in [3.05, 3.63) is 63.2 Å². The summed E-state index contributed by atoms with van der Waals surface area (Å²) >= 11 is 6.89. The number of hydrogen-bond donors (Lipinski definition) is 0. The minimum absolute atomic E-state index is 0.00653. The summed E-state index contributed by atoms with van der Waals surface area (Å²) < 4.78 is 24.2. The monoisotopic (exact) mass is 542 g/mol. The molecule has 0 radical (unpaired) electrons. The van der Waals surface area contributed by atoms with Gasteiger partial charge in [0, 0.05) is 30.9 Å². The van der Waals surface area contributed by atoms with Crippen molar-refractivity contribution in [1.82, 2.24) is 0 Å². The highest BCUT2D eigenvalue weighted by molar-refractivity contribution is 6.33. The maximum Gasteiger partial charge on any atom is 0.303 e. The third-order valence-corrected chi connectivity index (χ3v) is 7.78. The topological polar surface area (TPSA) is 88.1 Å². The van der Waals surface area contributed by atoms with Gasteiger partial charge in [0.25, 0.3) is 0 Å². The van der Waals surface area contributed by atoms with Crippen LogP contribution in [0.1, 0.15) is 86.2 Å². The van der Waals surface area contributed by atoms with E-state index in [0.717, 1.165) is 35.1 Å². The van der Waals surface area contributed by atoms with Crippen LogP contribution >= 0.6 is 11.6 Å². The number of esters is 2. The van der Waals surface area contributed by atoms with E-state index >= 15 is 0 Å². The lowest BCUT2D eigenvalue weighted by Crippen LogP contribution is -2.53. The molecule has 0 bridgehead atoms. The predicted molar refractivity (Wildman–Crippen MR) is 143 cm³/mol. The minimum atomic E-state index is -0.830. The summed E-state index contributed by atoms with van der Waals surface area (Å²) in [5, 5.41) is 0.538. The summed E-state index contributed by atoms with van der Waals surface area (Å²) in [6.45, 7) is 8.75. The molecule has 0 aliphatic carbocycles. The molecule has 0 N–H and O–H groups in total. The number of carbonyl (C=O) groups is 3. The molecule has 5 atom stereocenters. The van der Waals surface area contributed by atoms with Crippen LogP contribution in [-0.4, -0.2) is 42.6 Å². The number of ether oxygens (including phenoxy) is 4. The molecule has 7 nitrogen and oxygen atoms in total. The molecule has 8 heteroatoms. The molecule has 2 aromatic rings. The Hall–Kier alpha value is -2.90. The summed E-state index contributed by atoms with van der Waals surface area (Å²) in [5.41, 5.74) is 4.21. The first-order valence-electron chi connectivity index (χ1n) is 13.2. The van der Waals surface area contributed by atoms with Gasteiger partial charge in [0.1, 0.15) is 18.0 Å². The van der Waals surface area contributed by atoms with Gasteiger partial charge in [0.2, 0.25) is 0 Å². The first-order chi connectivity index (χ1) is 18.1. The number of ketones is 1. The lowest BCUT2D eigenvalue weighted by Gasteiger charge is -2.45. The van der Waals surface area contributed by atoms with Crippen molar-refractivity contribution < 1.29 is 33.3 Å². The van der Waals surface area contributed by atoms with Gasteiger partial charge in [-0.25, -0.2) is 0 Å². The molecule has 0 spiro atoms. The van der Waals surface area contributed by atoms with Crippen LogP contribution in [-0.2, 0) is 36.6 Å².